The van der Waals surface area contributed by atoms with Gasteiger partial charge < -0.3 is 9.64 Å². The summed E-state index contributed by atoms with van der Waals surface area (Å²) < 4.78 is 31.4. The van der Waals surface area contributed by atoms with Crippen LogP contribution in [-0.2, 0) is 19.6 Å². The molecule has 116 valence electrons. The fraction of sp³-hybridized carbons (Fsp3) is 0.923. The van der Waals surface area contributed by atoms with Crippen LogP contribution in [0.25, 0.3) is 0 Å². The lowest BCUT2D eigenvalue weighted by Gasteiger charge is -2.42. The van der Waals surface area contributed by atoms with Gasteiger partial charge in [-0.15, -0.1) is 0 Å². The third-order valence-corrected chi connectivity index (χ3v) is 4.79. The number of amides is 1. The number of rotatable bonds is 3. The molecule has 0 bridgehead atoms. The van der Waals surface area contributed by atoms with Crippen molar-refractivity contribution in [3.05, 3.63) is 0 Å². The molecule has 2 fully saturated rings. The van der Waals surface area contributed by atoms with E-state index in [4.69, 9.17) is 4.74 Å². The molecule has 0 radical (unpaired) electrons. The van der Waals surface area contributed by atoms with Crippen molar-refractivity contribution in [3.63, 3.8) is 0 Å². The Labute approximate surface area is 120 Å². The molecule has 1 saturated heterocycles. The van der Waals surface area contributed by atoms with E-state index in [2.05, 4.69) is 4.72 Å². The summed E-state index contributed by atoms with van der Waals surface area (Å²) in [6.07, 6.45) is 5.13. The van der Waals surface area contributed by atoms with Crippen LogP contribution in [0.15, 0.2) is 0 Å². The molecule has 1 amide bonds. The van der Waals surface area contributed by atoms with E-state index in [0.717, 1.165) is 25.5 Å². The quantitative estimate of drug-likeness (QED) is 0.823. The first-order chi connectivity index (χ1) is 9.32. The lowest BCUT2D eigenvalue weighted by atomic mass is 9.81. The first-order valence-corrected chi connectivity index (χ1v) is 9.11. The number of carbonyl (C=O) groups is 1. The fourth-order valence-electron chi connectivity index (χ4n) is 3.18. The van der Waals surface area contributed by atoms with Crippen LogP contribution in [0.1, 0.15) is 39.0 Å². The third-order valence-electron chi connectivity index (χ3n) is 4.03. The zero-order chi connectivity index (χ0) is 14.8. The predicted molar refractivity (Wildman–Crippen MR) is 75.8 cm³/mol. The van der Waals surface area contributed by atoms with Crippen LogP contribution >= 0.6 is 0 Å². The van der Waals surface area contributed by atoms with Crippen LogP contribution in [0.3, 0.4) is 0 Å². The van der Waals surface area contributed by atoms with Crippen LogP contribution < -0.4 is 4.72 Å². The monoisotopic (exact) mass is 304 g/mol. The van der Waals surface area contributed by atoms with Gasteiger partial charge in [0.1, 0.15) is 5.54 Å². The maximum absolute atomic E-state index is 12.8. The standard InChI is InChI=1S/C13H24N2O4S/c1-11-10-15(8-9-19-11)12(16)13(14-20(2,17)18)6-4-3-5-7-13/h11,14H,3-10H2,1-2H3/t11-/m0/s1. The van der Waals surface area contributed by atoms with Gasteiger partial charge in [0, 0.05) is 13.1 Å². The number of nitrogens with one attached hydrogen (secondary N) is 1. The van der Waals surface area contributed by atoms with Crippen LogP contribution in [0, 0.1) is 0 Å². The molecule has 1 aliphatic carbocycles. The Kier molecular flexibility index (Phi) is 4.71. The maximum Gasteiger partial charge on any atom is 0.244 e. The van der Waals surface area contributed by atoms with Crippen LogP contribution in [-0.4, -0.2) is 56.8 Å². The number of hydrogen-bond donors (Lipinski definition) is 1. The number of nitrogens with zero attached hydrogens (tertiary/aromatic N) is 1. The maximum atomic E-state index is 12.8. The van der Waals surface area contributed by atoms with Crippen molar-refractivity contribution < 1.29 is 17.9 Å². The second kappa shape index (κ2) is 5.99. The third kappa shape index (κ3) is 3.71. The van der Waals surface area contributed by atoms with E-state index in [1.807, 2.05) is 6.92 Å². The second-order valence-corrected chi connectivity index (χ2v) is 7.70. The van der Waals surface area contributed by atoms with Crippen molar-refractivity contribution >= 4 is 15.9 Å². The number of morpholine rings is 1. The molecule has 2 aliphatic rings. The molecular formula is C13H24N2O4S. The minimum absolute atomic E-state index is 0.00609. The number of sulfonamides is 1. The van der Waals surface area contributed by atoms with E-state index < -0.39 is 15.6 Å². The van der Waals surface area contributed by atoms with Crippen LogP contribution in [0.2, 0.25) is 0 Å². The summed E-state index contributed by atoms with van der Waals surface area (Å²) in [5.41, 5.74) is -0.942. The first-order valence-electron chi connectivity index (χ1n) is 7.22. The van der Waals surface area contributed by atoms with E-state index in [0.29, 0.717) is 32.5 Å². The van der Waals surface area contributed by atoms with Crippen molar-refractivity contribution in [2.24, 2.45) is 0 Å². The molecule has 6 nitrogen and oxygen atoms in total. The van der Waals surface area contributed by atoms with E-state index in [1.54, 1.807) is 4.90 Å². The van der Waals surface area contributed by atoms with E-state index in [-0.39, 0.29) is 12.0 Å². The van der Waals surface area contributed by atoms with Crippen molar-refractivity contribution in [1.29, 1.82) is 0 Å². The summed E-state index contributed by atoms with van der Waals surface area (Å²) in [7, 11) is -3.41. The van der Waals surface area contributed by atoms with Gasteiger partial charge in [-0.1, -0.05) is 19.3 Å². The molecule has 1 aliphatic heterocycles. The van der Waals surface area contributed by atoms with Crippen molar-refractivity contribution in [2.75, 3.05) is 26.0 Å². The highest BCUT2D eigenvalue weighted by molar-refractivity contribution is 7.88. The number of ether oxygens (including phenoxy) is 1. The van der Waals surface area contributed by atoms with Gasteiger partial charge in [0.2, 0.25) is 15.9 Å². The first kappa shape index (κ1) is 15.7. The molecule has 0 aromatic heterocycles. The minimum atomic E-state index is -3.41. The number of hydrogen-bond acceptors (Lipinski definition) is 4. The smallest absolute Gasteiger partial charge is 0.244 e. The van der Waals surface area contributed by atoms with Gasteiger partial charge in [0.15, 0.2) is 0 Å². The molecule has 1 saturated carbocycles. The van der Waals surface area contributed by atoms with Crippen molar-refractivity contribution in [3.8, 4) is 0 Å². The molecule has 0 aromatic rings. The molecule has 2 rings (SSSR count). The molecular weight excluding hydrogens is 280 g/mol. The summed E-state index contributed by atoms with van der Waals surface area (Å²) >= 11 is 0. The van der Waals surface area contributed by atoms with Gasteiger partial charge in [-0.05, 0) is 19.8 Å². The Balaban J connectivity index is 2.19. The predicted octanol–water partition coefficient (Wildman–Crippen LogP) is 0.486. The average molecular weight is 304 g/mol. The van der Waals surface area contributed by atoms with Crippen molar-refractivity contribution in [1.82, 2.24) is 9.62 Å². The van der Waals surface area contributed by atoms with Crippen LogP contribution in [0.4, 0.5) is 0 Å². The molecule has 1 atom stereocenters. The molecule has 1 heterocycles. The SMILES string of the molecule is C[C@H]1CN(C(=O)C2(NS(C)(=O)=O)CCCCC2)CCO1. The van der Waals surface area contributed by atoms with Crippen LogP contribution in [0.5, 0.6) is 0 Å². The highest BCUT2D eigenvalue weighted by Gasteiger charge is 2.44. The summed E-state index contributed by atoms with van der Waals surface area (Å²) in [6, 6.07) is 0. The second-order valence-electron chi connectivity index (χ2n) is 5.95. The fourth-order valence-corrected chi connectivity index (χ4v) is 4.18. The lowest BCUT2D eigenvalue weighted by Crippen LogP contribution is -2.62. The molecule has 0 unspecified atom stereocenters. The Hall–Kier alpha value is -0.660. The topological polar surface area (TPSA) is 75.7 Å². The van der Waals surface area contributed by atoms with E-state index in [1.165, 1.54) is 0 Å². The highest BCUT2D eigenvalue weighted by Crippen LogP contribution is 2.31. The lowest BCUT2D eigenvalue weighted by molar-refractivity contribution is -0.146. The average Bonchev–Trinajstić information content (AvgIpc) is 2.37. The Bertz CT molecular complexity index is 457. The Morgan fingerprint density at radius 3 is 2.50 bits per heavy atom. The zero-order valence-electron chi connectivity index (χ0n) is 12.2. The largest absolute Gasteiger partial charge is 0.375 e. The molecule has 20 heavy (non-hydrogen) atoms. The zero-order valence-corrected chi connectivity index (χ0v) is 13.0. The highest BCUT2D eigenvalue weighted by atomic mass is 32.2. The van der Waals surface area contributed by atoms with Gasteiger partial charge in [0.25, 0.3) is 0 Å². The summed E-state index contributed by atoms with van der Waals surface area (Å²) in [5, 5.41) is 0. The van der Waals surface area contributed by atoms with Gasteiger partial charge in [-0.3, -0.25) is 4.79 Å². The molecule has 7 heteroatoms. The van der Waals surface area contributed by atoms with Gasteiger partial charge in [0.05, 0.1) is 19.0 Å². The van der Waals surface area contributed by atoms with Gasteiger partial charge in [-0.25, -0.2) is 8.42 Å². The Morgan fingerprint density at radius 2 is 1.95 bits per heavy atom. The van der Waals surface area contributed by atoms with Gasteiger partial charge in [-0.2, -0.15) is 4.72 Å². The van der Waals surface area contributed by atoms with E-state index >= 15 is 0 Å². The summed E-state index contributed by atoms with van der Waals surface area (Å²) in [4.78, 5) is 14.6. The van der Waals surface area contributed by atoms with Crippen molar-refractivity contribution in [2.45, 2.75) is 50.7 Å². The minimum Gasteiger partial charge on any atom is -0.375 e. The van der Waals surface area contributed by atoms with Gasteiger partial charge >= 0.3 is 0 Å². The summed E-state index contributed by atoms with van der Waals surface area (Å²) in [6.45, 7) is 3.52. The normalized spacial score (nSPS) is 27.3. The Morgan fingerprint density at radius 1 is 1.30 bits per heavy atom. The molecule has 0 spiro atoms. The number of carbonyl (C=O) groups excluding carboxylic acids is 1. The molecule has 1 N–H and O–H groups in total. The summed E-state index contributed by atoms with van der Waals surface area (Å²) in [5.74, 6) is -0.0854. The molecule has 0 aromatic carbocycles. The van der Waals surface area contributed by atoms with E-state index in [9.17, 15) is 13.2 Å².